The summed E-state index contributed by atoms with van der Waals surface area (Å²) in [5, 5.41) is 34.7. The number of aliphatic hydroxyl groups is 1. The van der Waals surface area contributed by atoms with E-state index in [1.807, 2.05) is 13.8 Å². The zero-order chi connectivity index (χ0) is 25.0. The summed E-state index contributed by atoms with van der Waals surface area (Å²) in [5.74, 6) is -0.386. The molecular weight excluding hydrogens is 432 g/mol. The molecule has 0 spiro atoms. The molecule has 1 aromatic heterocycles. The zero-order valence-corrected chi connectivity index (χ0v) is 19.8. The maximum Gasteiger partial charge on any atom is 0.359 e. The van der Waals surface area contributed by atoms with Gasteiger partial charge < -0.3 is 14.6 Å². The van der Waals surface area contributed by atoms with E-state index in [0.29, 0.717) is 44.9 Å². The second kappa shape index (κ2) is 10.2. The van der Waals surface area contributed by atoms with E-state index in [1.165, 1.54) is 11.8 Å². The van der Waals surface area contributed by atoms with Gasteiger partial charge in [0, 0.05) is 5.56 Å². The molecule has 1 heterocycles. The van der Waals surface area contributed by atoms with Gasteiger partial charge in [-0.25, -0.2) is 9.48 Å². The fraction of sp³-hybridized carbons (Fsp3) is 0.308. The van der Waals surface area contributed by atoms with Crippen LogP contribution in [0.2, 0.25) is 0 Å². The first-order valence-electron chi connectivity index (χ1n) is 10.8. The first-order valence-corrected chi connectivity index (χ1v) is 10.8. The average Bonchev–Trinajstić information content (AvgIpc) is 3.24. The van der Waals surface area contributed by atoms with Crippen molar-refractivity contribution < 1.29 is 19.4 Å². The molecule has 1 N–H and O–H groups in total. The number of ether oxygens (including phenoxy) is 2. The number of carbonyl (C=O) groups excluding carboxylic acids is 1. The van der Waals surface area contributed by atoms with Crippen molar-refractivity contribution >= 4 is 5.97 Å². The van der Waals surface area contributed by atoms with E-state index in [4.69, 9.17) is 9.47 Å². The molecule has 0 aliphatic rings. The van der Waals surface area contributed by atoms with Crippen LogP contribution in [0, 0.1) is 29.6 Å². The number of carbonyl (C=O) groups is 1. The number of esters is 1. The fourth-order valence-corrected chi connectivity index (χ4v) is 3.93. The summed E-state index contributed by atoms with van der Waals surface area (Å²) in [7, 11) is 1.51. The van der Waals surface area contributed by atoms with E-state index < -0.39 is 12.1 Å². The normalized spacial score (nSPS) is 11.6. The highest BCUT2D eigenvalue weighted by Crippen LogP contribution is 2.37. The average molecular weight is 459 g/mol. The Morgan fingerprint density at radius 2 is 1.79 bits per heavy atom. The lowest BCUT2D eigenvalue weighted by Gasteiger charge is -2.19. The van der Waals surface area contributed by atoms with Crippen molar-refractivity contribution in [1.29, 1.82) is 10.5 Å². The van der Waals surface area contributed by atoms with Crippen molar-refractivity contribution in [3.8, 4) is 23.6 Å². The third-order valence-corrected chi connectivity index (χ3v) is 5.48. The molecule has 0 bridgehead atoms. The molecular formula is C26H26N4O4. The summed E-state index contributed by atoms with van der Waals surface area (Å²) in [6, 6.07) is 14.1. The highest BCUT2D eigenvalue weighted by Gasteiger charge is 2.32. The number of rotatable bonds is 7. The number of aryl methyl sites for hydroxylation is 1. The molecule has 34 heavy (non-hydrogen) atoms. The van der Waals surface area contributed by atoms with Crippen LogP contribution in [0.15, 0.2) is 36.4 Å². The summed E-state index contributed by atoms with van der Waals surface area (Å²) in [5.41, 5.74) is 3.44. The third kappa shape index (κ3) is 4.50. The number of hydrogen-bond donors (Lipinski definition) is 1. The van der Waals surface area contributed by atoms with Crippen molar-refractivity contribution in [2.45, 2.75) is 39.7 Å². The van der Waals surface area contributed by atoms with Crippen LogP contribution in [0.4, 0.5) is 0 Å². The Labute approximate surface area is 198 Å². The highest BCUT2D eigenvalue weighted by molar-refractivity contribution is 5.90. The Morgan fingerprint density at radius 3 is 2.35 bits per heavy atom. The van der Waals surface area contributed by atoms with E-state index >= 15 is 0 Å². The molecule has 2 aromatic carbocycles. The molecule has 1 unspecified atom stereocenters. The molecule has 0 saturated carbocycles. The summed E-state index contributed by atoms with van der Waals surface area (Å²) < 4.78 is 12.3. The Morgan fingerprint density at radius 1 is 1.15 bits per heavy atom. The van der Waals surface area contributed by atoms with Crippen LogP contribution in [0.1, 0.15) is 76.8 Å². The Balaban J connectivity index is 2.36. The predicted octanol–water partition coefficient (Wildman–Crippen LogP) is 4.31. The van der Waals surface area contributed by atoms with Gasteiger partial charge in [-0.1, -0.05) is 19.9 Å². The Hall–Kier alpha value is -4.14. The van der Waals surface area contributed by atoms with Crippen LogP contribution >= 0.6 is 0 Å². The molecule has 3 rings (SSSR count). The molecule has 0 aliphatic carbocycles. The van der Waals surface area contributed by atoms with E-state index in [2.05, 4.69) is 17.2 Å². The number of methoxy groups -OCH3 is 1. The summed E-state index contributed by atoms with van der Waals surface area (Å²) in [6.45, 7) is 7.47. The smallest absolute Gasteiger partial charge is 0.359 e. The van der Waals surface area contributed by atoms with Gasteiger partial charge >= 0.3 is 5.97 Å². The van der Waals surface area contributed by atoms with Gasteiger partial charge in [0.05, 0.1) is 42.7 Å². The minimum atomic E-state index is -1.21. The molecule has 174 valence electrons. The highest BCUT2D eigenvalue weighted by atomic mass is 16.5. The van der Waals surface area contributed by atoms with Crippen LogP contribution < -0.4 is 4.74 Å². The molecule has 0 fully saturated rings. The minimum Gasteiger partial charge on any atom is -0.494 e. The van der Waals surface area contributed by atoms with Gasteiger partial charge in [0.1, 0.15) is 17.5 Å². The van der Waals surface area contributed by atoms with Crippen molar-refractivity contribution in [2.24, 2.45) is 0 Å². The predicted molar refractivity (Wildman–Crippen MR) is 125 cm³/mol. The van der Waals surface area contributed by atoms with Crippen molar-refractivity contribution in [2.75, 3.05) is 13.7 Å². The summed E-state index contributed by atoms with van der Waals surface area (Å²) in [6.07, 6.45) is -1.21. The van der Waals surface area contributed by atoms with Gasteiger partial charge in [0.25, 0.3) is 0 Å². The van der Waals surface area contributed by atoms with Gasteiger partial charge in [-0.3, -0.25) is 0 Å². The number of aromatic nitrogens is 2. The maximum atomic E-state index is 12.9. The minimum absolute atomic E-state index is 0.0220. The zero-order valence-electron chi connectivity index (χ0n) is 19.8. The quantitative estimate of drug-likeness (QED) is 0.524. The van der Waals surface area contributed by atoms with E-state index in [9.17, 15) is 20.4 Å². The van der Waals surface area contributed by atoms with Crippen molar-refractivity contribution in [3.63, 3.8) is 0 Å². The lowest BCUT2D eigenvalue weighted by Crippen LogP contribution is -2.13. The number of aliphatic hydroxyl groups excluding tert-OH is 1. The van der Waals surface area contributed by atoms with Crippen LogP contribution in [0.5, 0.6) is 5.75 Å². The third-order valence-electron chi connectivity index (χ3n) is 5.48. The molecule has 8 nitrogen and oxygen atoms in total. The summed E-state index contributed by atoms with van der Waals surface area (Å²) >= 11 is 0. The van der Waals surface area contributed by atoms with Crippen molar-refractivity contribution in [3.05, 3.63) is 75.6 Å². The fourth-order valence-electron chi connectivity index (χ4n) is 3.93. The molecule has 0 amide bonds. The molecule has 0 aliphatic heterocycles. The second-order valence-corrected chi connectivity index (χ2v) is 8.02. The monoisotopic (exact) mass is 458 g/mol. The van der Waals surface area contributed by atoms with Gasteiger partial charge in [0.2, 0.25) is 0 Å². The lowest BCUT2D eigenvalue weighted by atomic mass is 9.91. The number of hydrogen-bond acceptors (Lipinski definition) is 7. The standard InChI is InChI=1S/C26H26N4O4/c1-6-34-26(32)23-22(25(31)19-9-7-17(13-27)11-16(19)4)24(15(2)3)30(29-23)20-12-18(14-28)8-10-21(20)33-5/h7-12,15,25,31H,6H2,1-5H3. The van der Waals surface area contributed by atoms with E-state index in [0.717, 1.165) is 0 Å². The largest absolute Gasteiger partial charge is 0.494 e. The molecule has 0 radical (unpaired) electrons. The van der Waals surface area contributed by atoms with Crippen LogP contribution in [0.25, 0.3) is 5.69 Å². The van der Waals surface area contributed by atoms with E-state index in [1.54, 1.807) is 50.2 Å². The molecule has 1 atom stereocenters. The Bertz CT molecular complexity index is 1310. The van der Waals surface area contributed by atoms with Crippen LogP contribution in [-0.4, -0.2) is 34.6 Å². The van der Waals surface area contributed by atoms with Crippen molar-refractivity contribution in [1.82, 2.24) is 9.78 Å². The molecule has 8 heteroatoms. The van der Waals surface area contributed by atoms with Gasteiger partial charge in [-0.2, -0.15) is 15.6 Å². The first kappa shape index (κ1) is 24.5. The van der Waals surface area contributed by atoms with Gasteiger partial charge in [-0.05, 0) is 61.2 Å². The lowest BCUT2D eigenvalue weighted by molar-refractivity contribution is 0.0513. The SMILES string of the molecule is CCOC(=O)c1nn(-c2cc(C#N)ccc2OC)c(C(C)C)c1C(O)c1ccc(C#N)cc1C. The molecule has 0 saturated heterocycles. The second-order valence-electron chi connectivity index (χ2n) is 8.02. The van der Waals surface area contributed by atoms with Gasteiger partial charge in [-0.15, -0.1) is 0 Å². The number of nitriles is 2. The van der Waals surface area contributed by atoms with Crippen LogP contribution in [-0.2, 0) is 4.74 Å². The maximum absolute atomic E-state index is 12.9. The number of nitrogens with zero attached hydrogens (tertiary/aromatic N) is 4. The topological polar surface area (TPSA) is 121 Å². The van der Waals surface area contributed by atoms with Crippen LogP contribution in [0.3, 0.4) is 0 Å². The Kier molecular flexibility index (Phi) is 7.35. The molecule has 3 aromatic rings. The van der Waals surface area contributed by atoms with Gasteiger partial charge in [0.15, 0.2) is 5.69 Å². The first-order chi connectivity index (χ1) is 16.3. The van der Waals surface area contributed by atoms with E-state index in [-0.39, 0.29) is 18.2 Å². The summed E-state index contributed by atoms with van der Waals surface area (Å²) in [4.78, 5) is 12.9. The number of benzene rings is 2.